The summed E-state index contributed by atoms with van der Waals surface area (Å²) in [7, 11) is -1.22. The molecule has 2 aromatic carbocycles. The smallest absolute Gasteiger partial charge is 0.417 e. The molecule has 0 aliphatic rings. The quantitative estimate of drug-likeness (QED) is 0.206. The molecule has 4 aromatic rings. The summed E-state index contributed by atoms with van der Waals surface area (Å²) in [6.07, 6.45) is -6.99. The number of sulfonamides is 1. The van der Waals surface area contributed by atoms with E-state index in [9.17, 15) is 35.2 Å². The molecule has 21 heteroatoms. The molecular weight excluding hydrogens is 684 g/mol. The molecule has 13 nitrogen and oxygen atoms in total. The van der Waals surface area contributed by atoms with Crippen molar-refractivity contribution in [3.05, 3.63) is 57.7 Å². The van der Waals surface area contributed by atoms with E-state index in [0.29, 0.717) is 6.07 Å². The number of aromatic carboxylic acids is 1. The highest BCUT2D eigenvalue weighted by Gasteiger charge is 2.40. The maximum Gasteiger partial charge on any atom is 0.417 e. The lowest BCUT2D eigenvalue weighted by atomic mass is 10.2. The maximum atomic E-state index is 13.5. The van der Waals surface area contributed by atoms with Gasteiger partial charge in [0.15, 0.2) is 11.5 Å². The van der Waals surface area contributed by atoms with E-state index in [2.05, 4.69) is 19.8 Å². The van der Waals surface area contributed by atoms with Gasteiger partial charge in [0.25, 0.3) is 22.4 Å². The number of carboxylic acid groups (broad SMARTS) is 1. The number of alkyl halides is 5. The SMILES string of the molecule is COc1c(Cl)ccc(Cl)c1C(=O)O.COc1cnc(OC)n2nc(NS(=O)(=O)c3c(OCC(F)F)cccc3C(F)(F)F)nc12. The van der Waals surface area contributed by atoms with Crippen LogP contribution in [0, 0.1) is 0 Å². The van der Waals surface area contributed by atoms with Crippen molar-refractivity contribution in [3.8, 4) is 23.3 Å². The molecule has 0 spiro atoms. The minimum absolute atomic E-state index is 0.0559. The van der Waals surface area contributed by atoms with Crippen molar-refractivity contribution in [2.24, 2.45) is 0 Å². The van der Waals surface area contributed by atoms with E-state index in [1.807, 2.05) is 0 Å². The average Bonchev–Trinajstić information content (AvgIpc) is 3.38. The zero-order valence-electron chi connectivity index (χ0n) is 22.9. The molecule has 0 radical (unpaired) electrons. The van der Waals surface area contributed by atoms with Gasteiger partial charge in [-0.1, -0.05) is 29.3 Å². The molecule has 0 bridgehead atoms. The van der Waals surface area contributed by atoms with Crippen molar-refractivity contribution in [3.63, 3.8) is 0 Å². The molecule has 2 aromatic heterocycles. The summed E-state index contributed by atoms with van der Waals surface area (Å²) in [4.78, 5) is 17.1. The highest BCUT2D eigenvalue weighted by Crippen LogP contribution is 2.39. The van der Waals surface area contributed by atoms with E-state index in [0.717, 1.165) is 16.6 Å². The first-order chi connectivity index (χ1) is 21.0. The van der Waals surface area contributed by atoms with Gasteiger partial charge >= 0.3 is 18.2 Å². The Kier molecular flexibility index (Phi) is 11.1. The summed E-state index contributed by atoms with van der Waals surface area (Å²) in [5.41, 5.74) is -1.80. The third kappa shape index (κ3) is 8.03. The van der Waals surface area contributed by atoms with Crippen LogP contribution >= 0.6 is 23.2 Å². The third-order valence-corrected chi connectivity index (χ3v) is 7.35. The normalized spacial score (nSPS) is 11.5. The Morgan fingerprint density at radius 1 is 1.04 bits per heavy atom. The predicted molar refractivity (Wildman–Crippen MR) is 148 cm³/mol. The molecule has 2 N–H and O–H groups in total. The lowest BCUT2D eigenvalue weighted by Crippen LogP contribution is -2.21. The fourth-order valence-electron chi connectivity index (χ4n) is 3.54. The van der Waals surface area contributed by atoms with Gasteiger partial charge in [-0.15, -0.1) is 5.10 Å². The van der Waals surface area contributed by atoms with Crippen molar-refractivity contribution >= 4 is 50.8 Å². The fraction of sp³-hybridized carbons (Fsp3) is 0.250. The van der Waals surface area contributed by atoms with Crippen LogP contribution in [0.1, 0.15) is 15.9 Å². The summed E-state index contributed by atoms with van der Waals surface area (Å²) in [5.74, 6) is -2.61. The molecule has 45 heavy (non-hydrogen) atoms. The van der Waals surface area contributed by atoms with Crippen LogP contribution in [0.25, 0.3) is 5.65 Å². The monoisotopic (exact) mass is 703 g/mol. The number of nitrogens with zero attached hydrogens (tertiary/aromatic N) is 4. The van der Waals surface area contributed by atoms with Crippen LogP contribution in [0.15, 0.2) is 41.4 Å². The summed E-state index contributed by atoms with van der Waals surface area (Å²) < 4.78 is 113. The number of carbonyl (C=O) groups is 1. The van der Waals surface area contributed by atoms with Crippen LogP contribution in [0.5, 0.6) is 23.3 Å². The molecule has 244 valence electrons. The van der Waals surface area contributed by atoms with Gasteiger partial charge in [0, 0.05) is 0 Å². The van der Waals surface area contributed by atoms with Crippen molar-refractivity contribution < 1.29 is 59.2 Å². The predicted octanol–water partition coefficient (Wildman–Crippen LogP) is 5.31. The first kappa shape index (κ1) is 35.1. The molecule has 2 heterocycles. The molecular formula is C24H20Cl2F5N5O8S. The Morgan fingerprint density at radius 3 is 2.24 bits per heavy atom. The van der Waals surface area contributed by atoms with Crippen molar-refractivity contribution in [1.82, 2.24) is 19.6 Å². The number of ether oxygens (including phenoxy) is 4. The average molecular weight is 704 g/mol. The standard InChI is InChI=1S/C16H14F5N5O5S.C8H6Cl2O3/c1-29-10-6-22-15(30-2)26-13(10)23-14(24-26)25-32(27,28)12-8(16(19,20)21)4-3-5-9(12)31-7-11(17)18;1-13-7-5(10)3-2-4(9)6(7)8(11)12/h3-6,11H,7H2,1-2H3,(H,24,25);2-3H,1H3,(H,11,12). The van der Waals surface area contributed by atoms with Crippen molar-refractivity contribution in [1.29, 1.82) is 0 Å². The van der Waals surface area contributed by atoms with E-state index in [4.69, 9.17) is 42.5 Å². The first-order valence-electron chi connectivity index (χ1n) is 11.8. The number of hydrogen-bond donors (Lipinski definition) is 2. The number of methoxy groups -OCH3 is 3. The number of aromatic nitrogens is 4. The topological polar surface area (TPSA) is 163 Å². The highest BCUT2D eigenvalue weighted by molar-refractivity contribution is 7.92. The second-order valence-corrected chi connectivity index (χ2v) is 10.6. The molecule has 0 saturated carbocycles. The molecule has 4 rings (SSSR count). The van der Waals surface area contributed by atoms with Crippen LogP contribution in [0.3, 0.4) is 0 Å². The van der Waals surface area contributed by atoms with Crippen LogP contribution in [0.4, 0.5) is 27.9 Å². The fourth-order valence-corrected chi connectivity index (χ4v) is 5.30. The zero-order chi connectivity index (χ0) is 33.7. The molecule has 0 fully saturated rings. The summed E-state index contributed by atoms with van der Waals surface area (Å²) in [6.45, 7) is -1.32. The largest absolute Gasteiger partial charge is 0.494 e. The third-order valence-electron chi connectivity index (χ3n) is 5.32. The van der Waals surface area contributed by atoms with Gasteiger partial charge in [0.05, 0.1) is 43.1 Å². The first-order valence-corrected chi connectivity index (χ1v) is 14.0. The Bertz CT molecular complexity index is 1770. The zero-order valence-corrected chi connectivity index (χ0v) is 25.2. The number of nitrogens with one attached hydrogen (secondary N) is 1. The molecule has 0 saturated heterocycles. The number of anilines is 1. The Hall–Kier alpha value is -4.36. The number of benzene rings is 2. The van der Waals surface area contributed by atoms with Gasteiger partial charge in [-0.05, 0) is 24.3 Å². The molecule has 0 unspecified atom stereocenters. The van der Waals surface area contributed by atoms with E-state index >= 15 is 0 Å². The van der Waals surface area contributed by atoms with E-state index < -0.39 is 57.4 Å². The van der Waals surface area contributed by atoms with Crippen molar-refractivity contribution in [2.75, 3.05) is 32.7 Å². The lowest BCUT2D eigenvalue weighted by molar-refractivity contribution is -0.140. The number of halogens is 7. The minimum Gasteiger partial charge on any atom is -0.494 e. The van der Waals surface area contributed by atoms with Gasteiger partial charge < -0.3 is 24.1 Å². The highest BCUT2D eigenvalue weighted by atomic mass is 35.5. The van der Waals surface area contributed by atoms with Crippen LogP contribution in [0.2, 0.25) is 10.0 Å². The number of carboxylic acids is 1. The molecule has 0 amide bonds. The maximum absolute atomic E-state index is 13.5. The number of hydrogen-bond acceptors (Lipinski definition) is 10. The number of fused-ring (bicyclic) bond motifs is 1. The van der Waals surface area contributed by atoms with E-state index in [1.54, 1.807) is 4.72 Å². The second-order valence-electron chi connectivity index (χ2n) is 8.16. The number of rotatable bonds is 10. The molecule has 0 atom stereocenters. The Labute approximate surface area is 260 Å². The van der Waals surface area contributed by atoms with E-state index in [-0.39, 0.29) is 38.8 Å². The van der Waals surface area contributed by atoms with Crippen LogP contribution < -0.4 is 23.7 Å². The second kappa shape index (κ2) is 14.2. The van der Waals surface area contributed by atoms with Crippen molar-refractivity contribution in [2.45, 2.75) is 17.5 Å². The van der Waals surface area contributed by atoms with Gasteiger partial charge in [-0.3, -0.25) is 0 Å². The van der Waals surface area contributed by atoms with Gasteiger partial charge in [0.1, 0.15) is 22.8 Å². The Morgan fingerprint density at radius 2 is 1.71 bits per heavy atom. The summed E-state index contributed by atoms with van der Waals surface area (Å²) in [6, 6.07) is 4.88. The van der Waals surface area contributed by atoms with Crippen LogP contribution in [-0.4, -0.2) is 73.4 Å². The molecule has 0 aliphatic carbocycles. The van der Waals surface area contributed by atoms with E-state index in [1.165, 1.54) is 39.7 Å². The minimum atomic E-state index is -5.14. The van der Waals surface area contributed by atoms with Gasteiger partial charge in [-0.2, -0.15) is 27.7 Å². The Balaban J connectivity index is 0.000000355. The van der Waals surface area contributed by atoms with Gasteiger partial charge in [-0.25, -0.2) is 26.7 Å². The lowest BCUT2D eigenvalue weighted by Gasteiger charge is -2.17. The summed E-state index contributed by atoms with van der Waals surface area (Å²) >= 11 is 11.4. The van der Waals surface area contributed by atoms with Gasteiger partial charge in [0.2, 0.25) is 5.65 Å². The molecule has 0 aliphatic heterocycles. The summed E-state index contributed by atoms with van der Waals surface area (Å²) in [5, 5.41) is 12.9. The van der Waals surface area contributed by atoms with Crippen LogP contribution in [-0.2, 0) is 16.2 Å².